The van der Waals surface area contributed by atoms with Crippen LogP contribution in [-0.2, 0) is 11.8 Å². The minimum Gasteiger partial charge on any atom is -0.385 e. The molecule has 2 rings (SSSR count). The molecule has 0 spiro atoms. The van der Waals surface area contributed by atoms with E-state index < -0.39 is 6.10 Å². The maximum atomic E-state index is 10.1. The molecule has 4 heteroatoms. The van der Waals surface area contributed by atoms with Crippen molar-refractivity contribution in [3.8, 4) is 0 Å². The van der Waals surface area contributed by atoms with E-state index in [-0.39, 0.29) is 0 Å². The van der Waals surface area contributed by atoms with E-state index in [2.05, 4.69) is 4.98 Å². The maximum absolute atomic E-state index is 10.1. The Morgan fingerprint density at radius 2 is 2.29 bits per heavy atom. The second-order valence-corrected chi connectivity index (χ2v) is 3.79. The smallest absolute Gasteiger partial charge is 0.137 e. The third kappa shape index (κ3) is 1.81. The SMILES string of the molecule is Cn1ccnc1C(O)C1CCOCC1. The molecule has 0 amide bonds. The molecule has 1 unspecified atom stereocenters. The summed E-state index contributed by atoms with van der Waals surface area (Å²) in [4.78, 5) is 4.16. The first kappa shape index (κ1) is 9.68. The maximum Gasteiger partial charge on any atom is 0.137 e. The molecular weight excluding hydrogens is 180 g/mol. The first-order valence-electron chi connectivity index (χ1n) is 5.02. The van der Waals surface area contributed by atoms with Gasteiger partial charge < -0.3 is 14.4 Å². The lowest BCUT2D eigenvalue weighted by atomic mass is 9.93. The number of hydrogen-bond donors (Lipinski definition) is 1. The van der Waals surface area contributed by atoms with Crippen LogP contribution >= 0.6 is 0 Å². The molecule has 0 radical (unpaired) electrons. The van der Waals surface area contributed by atoms with Crippen molar-refractivity contribution < 1.29 is 9.84 Å². The number of imidazole rings is 1. The predicted molar refractivity (Wildman–Crippen MR) is 51.7 cm³/mol. The van der Waals surface area contributed by atoms with Gasteiger partial charge in [-0.3, -0.25) is 0 Å². The van der Waals surface area contributed by atoms with E-state index in [4.69, 9.17) is 4.74 Å². The zero-order chi connectivity index (χ0) is 9.97. The normalized spacial score (nSPS) is 21.0. The minimum absolute atomic E-state index is 0.296. The van der Waals surface area contributed by atoms with Gasteiger partial charge in [0.2, 0.25) is 0 Å². The van der Waals surface area contributed by atoms with Gasteiger partial charge in [0.25, 0.3) is 0 Å². The molecule has 1 aliphatic heterocycles. The molecule has 1 aliphatic rings. The largest absolute Gasteiger partial charge is 0.385 e. The summed E-state index contributed by atoms with van der Waals surface area (Å²) in [5.41, 5.74) is 0. The third-order valence-electron chi connectivity index (χ3n) is 2.84. The number of nitrogens with zero attached hydrogens (tertiary/aromatic N) is 2. The number of rotatable bonds is 2. The summed E-state index contributed by atoms with van der Waals surface area (Å²) >= 11 is 0. The summed E-state index contributed by atoms with van der Waals surface area (Å²) in [5, 5.41) is 10.1. The predicted octanol–water partition coefficient (Wildman–Crippen LogP) is 0.880. The lowest BCUT2D eigenvalue weighted by molar-refractivity contribution is 0.00282. The Kier molecular flexibility index (Phi) is 2.84. The summed E-state index contributed by atoms with van der Waals surface area (Å²) in [6.07, 6.45) is 4.98. The Bertz CT molecular complexity index is 292. The Labute approximate surface area is 83.5 Å². The van der Waals surface area contributed by atoms with Gasteiger partial charge in [-0.25, -0.2) is 4.98 Å². The molecule has 1 aromatic heterocycles. The molecular formula is C10H16N2O2. The fourth-order valence-corrected chi connectivity index (χ4v) is 1.90. The van der Waals surface area contributed by atoms with Crippen molar-refractivity contribution in [1.29, 1.82) is 0 Å². The van der Waals surface area contributed by atoms with Crippen LogP contribution in [0.5, 0.6) is 0 Å². The molecule has 4 nitrogen and oxygen atoms in total. The second kappa shape index (κ2) is 4.11. The van der Waals surface area contributed by atoms with Gasteiger partial charge in [0.05, 0.1) is 0 Å². The van der Waals surface area contributed by atoms with Crippen LogP contribution in [0.1, 0.15) is 24.8 Å². The summed E-state index contributed by atoms with van der Waals surface area (Å²) < 4.78 is 7.13. The first-order chi connectivity index (χ1) is 6.79. The number of ether oxygens (including phenoxy) is 1. The number of aliphatic hydroxyl groups is 1. The van der Waals surface area contributed by atoms with E-state index in [1.165, 1.54) is 0 Å². The van der Waals surface area contributed by atoms with Gasteiger partial charge in [-0.05, 0) is 18.8 Å². The second-order valence-electron chi connectivity index (χ2n) is 3.79. The van der Waals surface area contributed by atoms with Gasteiger partial charge in [0.1, 0.15) is 11.9 Å². The van der Waals surface area contributed by atoms with E-state index in [0.29, 0.717) is 5.92 Å². The number of aromatic nitrogens is 2. The molecule has 1 saturated heterocycles. The molecule has 1 fully saturated rings. The molecule has 0 aromatic carbocycles. The van der Waals surface area contributed by atoms with Gasteiger partial charge in [-0.2, -0.15) is 0 Å². The van der Waals surface area contributed by atoms with Crippen molar-refractivity contribution >= 4 is 0 Å². The summed E-state index contributed by atoms with van der Waals surface area (Å²) in [7, 11) is 1.91. The molecule has 78 valence electrons. The first-order valence-corrected chi connectivity index (χ1v) is 5.02. The van der Waals surface area contributed by atoms with Gasteiger partial charge >= 0.3 is 0 Å². The monoisotopic (exact) mass is 196 g/mol. The van der Waals surface area contributed by atoms with Crippen molar-refractivity contribution in [3.63, 3.8) is 0 Å². The summed E-state index contributed by atoms with van der Waals surface area (Å²) in [5.74, 6) is 1.06. The minimum atomic E-state index is -0.445. The number of aryl methyl sites for hydroxylation is 1. The van der Waals surface area contributed by atoms with E-state index in [9.17, 15) is 5.11 Å². The van der Waals surface area contributed by atoms with Gasteiger partial charge in [0.15, 0.2) is 0 Å². The molecule has 0 saturated carbocycles. The van der Waals surface area contributed by atoms with Crippen LogP contribution in [0.2, 0.25) is 0 Å². The molecule has 1 atom stereocenters. The third-order valence-corrected chi connectivity index (χ3v) is 2.84. The highest BCUT2D eigenvalue weighted by atomic mass is 16.5. The Morgan fingerprint density at radius 1 is 1.57 bits per heavy atom. The highest BCUT2D eigenvalue weighted by Gasteiger charge is 2.25. The van der Waals surface area contributed by atoms with Gasteiger partial charge in [-0.1, -0.05) is 0 Å². The molecule has 1 aromatic rings. The van der Waals surface area contributed by atoms with E-state index in [1.807, 2.05) is 17.8 Å². The lowest BCUT2D eigenvalue weighted by Crippen LogP contribution is -2.23. The molecule has 14 heavy (non-hydrogen) atoms. The topological polar surface area (TPSA) is 47.3 Å². The number of aliphatic hydroxyl groups excluding tert-OH is 1. The van der Waals surface area contributed by atoms with Gasteiger partial charge in [-0.15, -0.1) is 0 Å². The summed E-state index contributed by atoms with van der Waals surface area (Å²) in [6.45, 7) is 1.51. The van der Waals surface area contributed by atoms with Crippen LogP contribution in [0.25, 0.3) is 0 Å². The molecule has 0 bridgehead atoms. The lowest BCUT2D eigenvalue weighted by Gasteiger charge is -2.26. The quantitative estimate of drug-likeness (QED) is 0.763. The van der Waals surface area contributed by atoms with Crippen molar-refractivity contribution in [1.82, 2.24) is 9.55 Å². The van der Waals surface area contributed by atoms with Crippen LogP contribution in [0, 0.1) is 5.92 Å². The van der Waals surface area contributed by atoms with Gasteiger partial charge in [0, 0.05) is 32.7 Å². The summed E-state index contributed by atoms with van der Waals surface area (Å²) in [6, 6.07) is 0. The highest BCUT2D eigenvalue weighted by molar-refractivity contribution is 4.97. The van der Waals surface area contributed by atoms with Crippen LogP contribution in [0.15, 0.2) is 12.4 Å². The van der Waals surface area contributed by atoms with Crippen LogP contribution < -0.4 is 0 Å². The van der Waals surface area contributed by atoms with Crippen molar-refractivity contribution in [2.45, 2.75) is 18.9 Å². The van der Waals surface area contributed by atoms with Crippen LogP contribution in [0.3, 0.4) is 0 Å². The van der Waals surface area contributed by atoms with Crippen LogP contribution in [0.4, 0.5) is 0 Å². The zero-order valence-corrected chi connectivity index (χ0v) is 8.39. The standard InChI is InChI=1S/C10H16N2O2/c1-12-5-4-11-10(12)9(13)8-2-6-14-7-3-8/h4-5,8-9,13H,2-3,6-7H2,1H3. The van der Waals surface area contributed by atoms with Crippen LogP contribution in [-0.4, -0.2) is 27.9 Å². The fourth-order valence-electron chi connectivity index (χ4n) is 1.90. The molecule has 1 N–H and O–H groups in total. The highest BCUT2D eigenvalue weighted by Crippen LogP contribution is 2.28. The van der Waals surface area contributed by atoms with E-state index in [1.54, 1.807) is 6.20 Å². The Hall–Kier alpha value is -0.870. The van der Waals surface area contributed by atoms with Crippen molar-refractivity contribution in [2.75, 3.05) is 13.2 Å². The zero-order valence-electron chi connectivity index (χ0n) is 8.39. The van der Waals surface area contributed by atoms with Crippen molar-refractivity contribution in [2.24, 2.45) is 13.0 Å². The molecule has 0 aliphatic carbocycles. The van der Waals surface area contributed by atoms with E-state index in [0.717, 1.165) is 31.9 Å². The molecule has 2 heterocycles. The van der Waals surface area contributed by atoms with Crippen molar-refractivity contribution in [3.05, 3.63) is 18.2 Å². The fraction of sp³-hybridized carbons (Fsp3) is 0.700. The average molecular weight is 196 g/mol. The Balaban J connectivity index is 2.07. The number of hydrogen-bond acceptors (Lipinski definition) is 3. The van der Waals surface area contributed by atoms with E-state index >= 15 is 0 Å². The average Bonchev–Trinajstić information content (AvgIpc) is 2.65. The Morgan fingerprint density at radius 3 is 2.86 bits per heavy atom.